The summed E-state index contributed by atoms with van der Waals surface area (Å²) in [7, 11) is 1.55. The van der Waals surface area contributed by atoms with Crippen LogP contribution in [-0.2, 0) is 11.2 Å². The number of terminal acetylenes is 1. The molecule has 0 aromatic heterocycles. The molecule has 1 amide bonds. The second kappa shape index (κ2) is 10.7. The van der Waals surface area contributed by atoms with E-state index in [4.69, 9.17) is 20.6 Å². The summed E-state index contributed by atoms with van der Waals surface area (Å²) in [6, 6.07) is 14.5. The SMILES string of the molecule is C#CCOc1ccc(CCNC(=O)[C@H](O)COc2ccccc2)cc1OC. The van der Waals surface area contributed by atoms with Crippen LogP contribution in [0.3, 0.4) is 0 Å². The zero-order chi connectivity index (χ0) is 19.5. The number of amides is 1. The minimum absolute atomic E-state index is 0.106. The highest BCUT2D eigenvalue weighted by atomic mass is 16.5. The van der Waals surface area contributed by atoms with Crippen LogP contribution in [0.1, 0.15) is 5.56 Å². The van der Waals surface area contributed by atoms with Crippen LogP contribution in [0.5, 0.6) is 17.2 Å². The summed E-state index contributed by atoms with van der Waals surface area (Å²) >= 11 is 0. The number of carbonyl (C=O) groups is 1. The topological polar surface area (TPSA) is 77.0 Å². The molecule has 0 aliphatic heterocycles. The van der Waals surface area contributed by atoms with E-state index in [9.17, 15) is 9.90 Å². The van der Waals surface area contributed by atoms with Crippen molar-refractivity contribution in [3.05, 3.63) is 54.1 Å². The van der Waals surface area contributed by atoms with Crippen molar-refractivity contribution in [1.29, 1.82) is 0 Å². The van der Waals surface area contributed by atoms with Gasteiger partial charge in [0.1, 0.15) is 19.0 Å². The number of nitrogens with one attached hydrogen (secondary N) is 1. The van der Waals surface area contributed by atoms with Crippen LogP contribution in [0.2, 0.25) is 0 Å². The van der Waals surface area contributed by atoms with E-state index in [1.807, 2.05) is 30.3 Å². The number of hydrogen-bond acceptors (Lipinski definition) is 5. The highest BCUT2D eigenvalue weighted by molar-refractivity contribution is 5.80. The van der Waals surface area contributed by atoms with E-state index in [0.717, 1.165) is 5.56 Å². The molecule has 0 aliphatic rings. The molecular weight excluding hydrogens is 346 g/mol. The molecule has 0 saturated carbocycles. The lowest BCUT2D eigenvalue weighted by Gasteiger charge is -2.13. The molecule has 0 spiro atoms. The Morgan fingerprint density at radius 3 is 2.67 bits per heavy atom. The fraction of sp³-hybridized carbons (Fsp3) is 0.286. The predicted octanol–water partition coefficient (Wildman–Crippen LogP) is 1.81. The van der Waals surface area contributed by atoms with Gasteiger partial charge in [-0.15, -0.1) is 6.42 Å². The van der Waals surface area contributed by atoms with E-state index in [1.54, 1.807) is 25.3 Å². The Hall–Kier alpha value is -3.17. The van der Waals surface area contributed by atoms with Gasteiger partial charge in [-0.25, -0.2) is 0 Å². The van der Waals surface area contributed by atoms with Crippen LogP contribution >= 0.6 is 0 Å². The molecule has 0 unspecified atom stereocenters. The van der Waals surface area contributed by atoms with E-state index < -0.39 is 12.0 Å². The number of rotatable bonds is 10. The average molecular weight is 369 g/mol. The van der Waals surface area contributed by atoms with Crippen molar-refractivity contribution in [1.82, 2.24) is 5.32 Å². The van der Waals surface area contributed by atoms with Crippen molar-refractivity contribution < 1.29 is 24.1 Å². The maximum absolute atomic E-state index is 11.9. The van der Waals surface area contributed by atoms with E-state index in [0.29, 0.717) is 30.2 Å². The molecule has 0 fully saturated rings. The molecule has 0 saturated heterocycles. The van der Waals surface area contributed by atoms with Crippen LogP contribution < -0.4 is 19.5 Å². The van der Waals surface area contributed by atoms with Gasteiger partial charge < -0.3 is 24.6 Å². The number of methoxy groups -OCH3 is 1. The molecule has 0 aliphatic carbocycles. The van der Waals surface area contributed by atoms with Crippen LogP contribution in [-0.4, -0.2) is 44.0 Å². The molecule has 0 bridgehead atoms. The van der Waals surface area contributed by atoms with Gasteiger partial charge >= 0.3 is 0 Å². The minimum atomic E-state index is -1.24. The maximum Gasteiger partial charge on any atom is 0.252 e. The monoisotopic (exact) mass is 369 g/mol. The smallest absolute Gasteiger partial charge is 0.252 e. The second-order valence-corrected chi connectivity index (χ2v) is 5.66. The van der Waals surface area contributed by atoms with Gasteiger partial charge in [0, 0.05) is 6.54 Å². The summed E-state index contributed by atoms with van der Waals surface area (Å²) in [5.41, 5.74) is 0.954. The van der Waals surface area contributed by atoms with E-state index in [2.05, 4.69) is 11.2 Å². The molecule has 0 radical (unpaired) electrons. The maximum atomic E-state index is 11.9. The van der Waals surface area contributed by atoms with Gasteiger partial charge in [-0.3, -0.25) is 4.79 Å². The van der Waals surface area contributed by atoms with Crippen LogP contribution in [0.25, 0.3) is 0 Å². The van der Waals surface area contributed by atoms with E-state index >= 15 is 0 Å². The van der Waals surface area contributed by atoms with Crippen molar-refractivity contribution in [2.45, 2.75) is 12.5 Å². The number of aliphatic hydroxyl groups is 1. The number of benzene rings is 2. The van der Waals surface area contributed by atoms with Crippen molar-refractivity contribution in [2.24, 2.45) is 0 Å². The Bertz CT molecular complexity index is 770. The average Bonchev–Trinajstić information content (AvgIpc) is 2.71. The Balaban J connectivity index is 1.77. The Morgan fingerprint density at radius 1 is 1.19 bits per heavy atom. The van der Waals surface area contributed by atoms with E-state index in [1.165, 1.54) is 0 Å². The molecule has 142 valence electrons. The third-order valence-corrected chi connectivity index (χ3v) is 3.71. The third-order valence-electron chi connectivity index (χ3n) is 3.71. The van der Waals surface area contributed by atoms with Gasteiger partial charge in [0.15, 0.2) is 17.6 Å². The summed E-state index contributed by atoms with van der Waals surface area (Å²) in [6.07, 6.45) is 4.52. The molecule has 27 heavy (non-hydrogen) atoms. The van der Waals surface area contributed by atoms with Gasteiger partial charge in [-0.1, -0.05) is 30.2 Å². The molecule has 2 N–H and O–H groups in total. The molecule has 6 nitrogen and oxygen atoms in total. The third kappa shape index (κ3) is 6.57. The number of aliphatic hydroxyl groups excluding tert-OH is 1. The highest BCUT2D eigenvalue weighted by Gasteiger charge is 2.15. The van der Waals surface area contributed by atoms with Gasteiger partial charge in [-0.05, 0) is 36.2 Å². The molecular formula is C21H23NO5. The van der Waals surface area contributed by atoms with Crippen molar-refractivity contribution in [3.63, 3.8) is 0 Å². The lowest BCUT2D eigenvalue weighted by molar-refractivity contribution is -0.130. The lowest BCUT2D eigenvalue weighted by Crippen LogP contribution is -2.39. The van der Waals surface area contributed by atoms with Crippen molar-refractivity contribution in [3.8, 4) is 29.6 Å². The summed E-state index contributed by atoms with van der Waals surface area (Å²) < 4.78 is 16.1. The summed E-state index contributed by atoms with van der Waals surface area (Å²) in [5, 5.41) is 12.6. The zero-order valence-corrected chi connectivity index (χ0v) is 15.2. The molecule has 2 aromatic rings. The number of ether oxygens (including phenoxy) is 3. The minimum Gasteiger partial charge on any atom is -0.493 e. The van der Waals surface area contributed by atoms with E-state index in [-0.39, 0.29) is 13.2 Å². The molecule has 6 heteroatoms. The van der Waals surface area contributed by atoms with Crippen LogP contribution in [0.15, 0.2) is 48.5 Å². The first kappa shape index (κ1) is 20.1. The standard InChI is InChI=1S/C21H23NO5/c1-3-13-26-19-10-9-16(14-20(19)25-2)11-12-22-21(24)18(23)15-27-17-7-5-4-6-8-17/h1,4-10,14,18,23H,11-13,15H2,2H3,(H,22,24)/t18-/m1/s1. The Labute approximate surface area is 159 Å². The first-order valence-electron chi connectivity index (χ1n) is 8.51. The normalized spacial score (nSPS) is 11.1. The number of hydrogen-bond donors (Lipinski definition) is 2. The first-order chi connectivity index (χ1) is 13.1. The molecule has 2 rings (SSSR count). The van der Waals surface area contributed by atoms with Gasteiger partial charge in [0.05, 0.1) is 7.11 Å². The Morgan fingerprint density at radius 2 is 1.96 bits per heavy atom. The second-order valence-electron chi connectivity index (χ2n) is 5.66. The van der Waals surface area contributed by atoms with Crippen molar-refractivity contribution in [2.75, 3.05) is 26.9 Å². The van der Waals surface area contributed by atoms with Gasteiger partial charge in [0.25, 0.3) is 5.91 Å². The summed E-state index contributed by atoms with van der Waals surface area (Å²) in [4.78, 5) is 11.9. The van der Waals surface area contributed by atoms with Crippen LogP contribution in [0, 0.1) is 12.3 Å². The largest absolute Gasteiger partial charge is 0.493 e. The Kier molecular flexibility index (Phi) is 8.01. The van der Waals surface area contributed by atoms with Crippen LogP contribution in [0.4, 0.5) is 0 Å². The van der Waals surface area contributed by atoms with Gasteiger partial charge in [-0.2, -0.15) is 0 Å². The summed E-state index contributed by atoms with van der Waals surface area (Å²) in [6.45, 7) is 0.425. The lowest BCUT2D eigenvalue weighted by atomic mass is 10.1. The fourth-order valence-corrected chi connectivity index (χ4v) is 2.32. The molecule has 2 aromatic carbocycles. The molecule has 1 atom stereocenters. The summed E-state index contributed by atoms with van der Waals surface area (Å²) in [5.74, 6) is 3.66. The van der Waals surface area contributed by atoms with Gasteiger partial charge in [0.2, 0.25) is 0 Å². The quantitative estimate of drug-likeness (QED) is 0.625. The fourth-order valence-electron chi connectivity index (χ4n) is 2.32. The number of carbonyl (C=O) groups excluding carboxylic acids is 1. The zero-order valence-electron chi connectivity index (χ0n) is 15.2. The number of para-hydroxylation sites is 1. The molecule has 0 heterocycles. The van der Waals surface area contributed by atoms with Crippen molar-refractivity contribution >= 4 is 5.91 Å². The predicted molar refractivity (Wildman–Crippen MR) is 102 cm³/mol. The highest BCUT2D eigenvalue weighted by Crippen LogP contribution is 2.28. The first-order valence-corrected chi connectivity index (χ1v) is 8.51.